The Hall–Kier alpha value is -0.940. The highest BCUT2D eigenvalue weighted by Gasteiger charge is 2.17. The number of nitrogens with zero attached hydrogens (tertiary/aromatic N) is 3. The maximum Gasteiger partial charge on any atom is 0.133 e. The highest BCUT2D eigenvalue weighted by molar-refractivity contribution is 4.91. The molecule has 1 aromatic rings. The molecule has 0 aliphatic carbocycles. The van der Waals surface area contributed by atoms with Crippen molar-refractivity contribution in [1.29, 1.82) is 0 Å². The summed E-state index contributed by atoms with van der Waals surface area (Å²) >= 11 is 0. The average Bonchev–Trinajstić information content (AvgIpc) is 2.79. The van der Waals surface area contributed by atoms with Crippen LogP contribution in [0, 0.1) is 0 Å². The van der Waals surface area contributed by atoms with E-state index in [1.54, 1.807) is 0 Å². The molecule has 2 N–H and O–H groups in total. The molecular weight excluding hydrogens is 204 g/mol. The van der Waals surface area contributed by atoms with E-state index in [2.05, 4.69) is 20.1 Å². The normalized spacial score (nSPS) is 21.2. The lowest BCUT2D eigenvalue weighted by molar-refractivity contribution is 0.283. The number of hydrogen-bond acceptors (Lipinski definition) is 4. The van der Waals surface area contributed by atoms with Crippen molar-refractivity contribution in [3.8, 4) is 0 Å². The molecule has 16 heavy (non-hydrogen) atoms. The summed E-state index contributed by atoms with van der Waals surface area (Å²) in [5.41, 5.74) is 0. The van der Waals surface area contributed by atoms with Crippen LogP contribution in [0.2, 0.25) is 0 Å². The summed E-state index contributed by atoms with van der Waals surface area (Å²) in [4.78, 5) is 0. The van der Waals surface area contributed by atoms with Gasteiger partial charge in [0, 0.05) is 25.6 Å². The van der Waals surface area contributed by atoms with Gasteiger partial charge < -0.3 is 15.0 Å². The van der Waals surface area contributed by atoms with Gasteiger partial charge in [0.25, 0.3) is 0 Å². The molecule has 1 atom stereocenters. The van der Waals surface area contributed by atoms with Gasteiger partial charge in [0.05, 0.1) is 0 Å². The highest BCUT2D eigenvalue weighted by atomic mass is 16.2. The summed E-state index contributed by atoms with van der Waals surface area (Å²) < 4.78 is 2.20. The lowest BCUT2D eigenvalue weighted by atomic mass is 10.1. The van der Waals surface area contributed by atoms with Gasteiger partial charge in [-0.3, -0.25) is 0 Å². The van der Waals surface area contributed by atoms with Gasteiger partial charge >= 0.3 is 0 Å². The molecule has 1 aliphatic heterocycles. The first kappa shape index (κ1) is 11.5. The number of nitrogens with one attached hydrogen (secondary N) is 1. The van der Waals surface area contributed by atoms with Crippen molar-refractivity contribution >= 4 is 0 Å². The van der Waals surface area contributed by atoms with Gasteiger partial charge in [0.15, 0.2) is 0 Å². The van der Waals surface area contributed by atoms with E-state index in [4.69, 9.17) is 5.11 Å². The molecule has 2 heterocycles. The third kappa shape index (κ3) is 2.80. The minimum absolute atomic E-state index is 0.263. The molecule has 1 fully saturated rings. The van der Waals surface area contributed by atoms with Crippen molar-refractivity contribution in [1.82, 2.24) is 20.1 Å². The van der Waals surface area contributed by atoms with Gasteiger partial charge in [-0.15, -0.1) is 10.2 Å². The first-order valence-electron chi connectivity index (χ1n) is 6.12. The van der Waals surface area contributed by atoms with Crippen LogP contribution in [0.5, 0.6) is 0 Å². The zero-order chi connectivity index (χ0) is 11.2. The molecule has 5 heteroatoms. The maximum absolute atomic E-state index is 8.76. The van der Waals surface area contributed by atoms with Gasteiger partial charge in [-0.1, -0.05) is 0 Å². The number of aliphatic hydroxyl groups is 1. The summed E-state index contributed by atoms with van der Waals surface area (Å²) in [6, 6.07) is 0.507. The molecule has 0 amide bonds. The van der Waals surface area contributed by atoms with E-state index in [0.29, 0.717) is 6.04 Å². The smallest absolute Gasteiger partial charge is 0.133 e. The molecule has 90 valence electrons. The van der Waals surface area contributed by atoms with Crippen LogP contribution in [0.15, 0.2) is 6.33 Å². The number of rotatable bonds is 5. The van der Waals surface area contributed by atoms with Crippen LogP contribution in [-0.2, 0) is 6.42 Å². The summed E-state index contributed by atoms with van der Waals surface area (Å²) in [5.74, 6) is 1.06. The molecule has 1 aliphatic rings. The lowest BCUT2D eigenvalue weighted by Gasteiger charge is -2.24. The van der Waals surface area contributed by atoms with Crippen LogP contribution in [0.1, 0.15) is 37.5 Å². The fourth-order valence-electron chi connectivity index (χ4n) is 2.22. The molecule has 0 radical (unpaired) electrons. The average molecular weight is 224 g/mol. The second kappa shape index (κ2) is 5.96. The van der Waals surface area contributed by atoms with Crippen molar-refractivity contribution in [2.45, 2.75) is 38.1 Å². The van der Waals surface area contributed by atoms with Gasteiger partial charge in [-0.2, -0.15) is 0 Å². The van der Waals surface area contributed by atoms with Gasteiger partial charge in [0.2, 0.25) is 0 Å². The highest BCUT2D eigenvalue weighted by Crippen LogP contribution is 2.18. The molecule has 0 spiro atoms. The molecule has 1 unspecified atom stereocenters. The summed E-state index contributed by atoms with van der Waals surface area (Å²) in [5, 5.41) is 20.3. The minimum Gasteiger partial charge on any atom is -0.396 e. The Morgan fingerprint density at radius 3 is 3.19 bits per heavy atom. The van der Waals surface area contributed by atoms with Gasteiger partial charge in [-0.05, 0) is 32.2 Å². The molecule has 1 aromatic heterocycles. The van der Waals surface area contributed by atoms with Crippen molar-refractivity contribution in [2.24, 2.45) is 0 Å². The molecule has 5 nitrogen and oxygen atoms in total. The Balaban J connectivity index is 1.94. The third-order valence-electron chi connectivity index (χ3n) is 3.12. The fraction of sp³-hybridized carbons (Fsp3) is 0.818. The number of aromatic nitrogens is 3. The quantitative estimate of drug-likeness (QED) is 0.716. The largest absolute Gasteiger partial charge is 0.396 e. The van der Waals surface area contributed by atoms with E-state index in [1.807, 2.05) is 6.33 Å². The topological polar surface area (TPSA) is 63.0 Å². The van der Waals surface area contributed by atoms with Crippen molar-refractivity contribution in [2.75, 3.05) is 19.7 Å². The SMILES string of the molecule is OCCCCc1nncn1C1CCCNC1. The van der Waals surface area contributed by atoms with Crippen LogP contribution in [0.3, 0.4) is 0 Å². The lowest BCUT2D eigenvalue weighted by Crippen LogP contribution is -2.32. The third-order valence-corrected chi connectivity index (χ3v) is 3.12. The van der Waals surface area contributed by atoms with Crippen LogP contribution in [0.4, 0.5) is 0 Å². The van der Waals surface area contributed by atoms with E-state index in [-0.39, 0.29) is 6.61 Å². The Bertz CT molecular complexity index is 307. The molecular formula is C11H20N4O. The zero-order valence-electron chi connectivity index (χ0n) is 9.60. The molecule has 0 aromatic carbocycles. The number of piperidine rings is 1. The van der Waals surface area contributed by atoms with E-state index in [0.717, 1.165) is 38.2 Å². The molecule has 0 bridgehead atoms. The molecule has 0 saturated carbocycles. The Morgan fingerprint density at radius 1 is 1.50 bits per heavy atom. The second-order valence-electron chi connectivity index (χ2n) is 4.34. The molecule has 2 rings (SSSR count). The van der Waals surface area contributed by atoms with Gasteiger partial charge in [-0.25, -0.2) is 0 Å². The predicted molar refractivity (Wildman–Crippen MR) is 61.2 cm³/mol. The molecule has 1 saturated heterocycles. The van der Waals surface area contributed by atoms with Crippen LogP contribution >= 0.6 is 0 Å². The number of unbranched alkanes of at least 4 members (excludes halogenated alkanes) is 1. The van der Waals surface area contributed by atoms with Crippen LogP contribution in [0.25, 0.3) is 0 Å². The second-order valence-corrected chi connectivity index (χ2v) is 4.34. The first-order valence-corrected chi connectivity index (χ1v) is 6.12. The maximum atomic E-state index is 8.76. The standard InChI is InChI=1S/C11H20N4O/c16-7-2-1-5-11-14-13-9-15(11)10-4-3-6-12-8-10/h9-10,12,16H,1-8H2. The summed E-state index contributed by atoms with van der Waals surface area (Å²) in [6.07, 6.45) is 7.01. The van der Waals surface area contributed by atoms with E-state index in [1.165, 1.54) is 12.8 Å². The van der Waals surface area contributed by atoms with Crippen LogP contribution in [-0.4, -0.2) is 39.6 Å². The predicted octanol–water partition coefficient (Wildman–Crippen LogP) is 0.518. The van der Waals surface area contributed by atoms with Crippen molar-refractivity contribution < 1.29 is 5.11 Å². The summed E-state index contributed by atoms with van der Waals surface area (Å²) in [7, 11) is 0. The number of hydrogen-bond donors (Lipinski definition) is 2. The fourth-order valence-corrected chi connectivity index (χ4v) is 2.22. The van der Waals surface area contributed by atoms with Crippen molar-refractivity contribution in [3.63, 3.8) is 0 Å². The van der Waals surface area contributed by atoms with E-state index < -0.39 is 0 Å². The Kier molecular flexibility index (Phi) is 4.30. The Morgan fingerprint density at radius 2 is 2.44 bits per heavy atom. The number of aryl methyl sites for hydroxylation is 1. The van der Waals surface area contributed by atoms with E-state index >= 15 is 0 Å². The zero-order valence-corrected chi connectivity index (χ0v) is 9.60. The Labute approximate surface area is 95.9 Å². The summed E-state index contributed by atoms with van der Waals surface area (Å²) in [6.45, 7) is 2.41. The first-order chi connectivity index (χ1) is 7.92. The van der Waals surface area contributed by atoms with E-state index in [9.17, 15) is 0 Å². The monoisotopic (exact) mass is 224 g/mol. The number of aliphatic hydroxyl groups excluding tert-OH is 1. The van der Waals surface area contributed by atoms with Crippen LogP contribution < -0.4 is 5.32 Å². The minimum atomic E-state index is 0.263. The van der Waals surface area contributed by atoms with Gasteiger partial charge in [0.1, 0.15) is 12.2 Å². The van der Waals surface area contributed by atoms with Crippen molar-refractivity contribution in [3.05, 3.63) is 12.2 Å².